The number of halogens is 2. The van der Waals surface area contributed by atoms with Crippen molar-refractivity contribution in [2.45, 2.75) is 45.6 Å². The van der Waals surface area contributed by atoms with E-state index in [2.05, 4.69) is 36.3 Å². The Bertz CT molecular complexity index is 981. The summed E-state index contributed by atoms with van der Waals surface area (Å²) in [6.45, 7) is 6.21. The molecule has 152 valence electrons. The lowest BCUT2D eigenvalue weighted by molar-refractivity contribution is -0.121. The van der Waals surface area contributed by atoms with Gasteiger partial charge in [-0.1, -0.05) is 38.1 Å². The minimum atomic E-state index is -0.720. The second-order valence-corrected chi connectivity index (χ2v) is 7.35. The van der Waals surface area contributed by atoms with E-state index in [1.165, 1.54) is 17.8 Å². The van der Waals surface area contributed by atoms with Crippen LogP contribution >= 0.6 is 0 Å². The first-order valence-electron chi connectivity index (χ1n) is 9.63. The molecule has 3 aromatic rings. The Labute approximate surface area is 169 Å². The molecule has 0 aliphatic rings. The lowest BCUT2D eigenvalue weighted by Crippen LogP contribution is -2.26. The molecule has 0 bridgehead atoms. The summed E-state index contributed by atoms with van der Waals surface area (Å²) in [5.74, 6) is -0.510. The van der Waals surface area contributed by atoms with Gasteiger partial charge in [0.2, 0.25) is 5.91 Å². The molecule has 2 aromatic carbocycles. The number of oxazole rings is 1. The number of carbonyl (C=O) groups is 1. The van der Waals surface area contributed by atoms with E-state index in [-0.39, 0.29) is 36.1 Å². The van der Waals surface area contributed by atoms with Crippen LogP contribution in [-0.4, -0.2) is 10.9 Å². The standard InChI is InChI=1S/C23H24F2N2O2/c1-14(2)16-4-6-17(7-5-16)15(3)27-22(28)10-11-23-26-13-21(29-23)19-9-8-18(24)12-20(19)25/h4-9,12-15H,10-11H2,1-3H3,(H,27,28). The molecule has 1 unspecified atom stereocenters. The first-order chi connectivity index (χ1) is 13.8. The molecule has 0 saturated heterocycles. The number of nitrogens with zero attached hydrogens (tertiary/aromatic N) is 1. The lowest BCUT2D eigenvalue weighted by atomic mass is 9.99. The first kappa shape index (κ1) is 20.7. The van der Waals surface area contributed by atoms with Crippen LogP contribution in [-0.2, 0) is 11.2 Å². The van der Waals surface area contributed by atoms with E-state index in [9.17, 15) is 13.6 Å². The Morgan fingerprint density at radius 1 is 1.07 bits per heavy atom. The molecule has 4 nitrogen and oxygen atoms in total. The zero-order valence-corrected chi connectivity index (χ0v) is 16.7. The van der Waals surface area contributed by atoms with Crippen molar-refractivity contribution in [3.05, 3.63) is 77.3 Å². The van der Waals surface area contributed by atoms with Gasteiger partial charge in [-0.15, -0.1) is 0 Å². The summed E-state index contributed by atoms with van der Waals surface area (Å²) in [4.78, 5) is 16.3. The average Bonchev–Trinajstić information content (AvgIpc) is 3.15. The van der Waals surface area contributed by atoms with Crippen LogP contribution in [0.4, 0.5) is 8.78 Å². The first-order valence-corrected chi connectivity index (χ1v) is 9.63. The Kier molecular flexibility index (Phi) is 6.42. The van der Waals surface area contributed by atoms with Crippen LogP contribution in [0.15, 0.2) is 53.1 Å². The number of amides is 1. The highest BCUT2D eigenvalue weighted by atomic mass is 19.1. The predicted molar refractivity (Wildman–Crippen MR) is 107 cm³/mol. The molecule has 6 heteroatoms. The summed E-state index contributed by atoms with van der Waals surface area (Å²) in [6.07, 6.45) is 1.86. The number of nitrogens with one attached hydrogen (secondary N) is 1. The number of aromatic nitrogens is 1. The van der Waals surface area contributed by atoms with E-state index in [0.29, 0.717) is 11.8 Å². The molecule has 29 heavy (non-hydrogen) atoms. The molecule has 1 N–H and O–H groups in total. The van der Waals surface area contributed by atoms with E-state index in [1.54, 1.807) is 0 Å². The van der Waals surface area contributed by atoms with E-state index in [1.807, 2.05) is 19.1 Å². The van der Waals surface area contributed by atoms with Crippen molar-refractivity contribution in [3.63, 3.8) is 0 Å². The van der Waals surface area contributed by atoms with Crippen LogP contribution in [0.5, 0.6) is 0 Å². The van der Waals surface area contributed by atoms with Crippen LogP contribution in [0, 0.1) is 11.6 Å². The number of benzene rings is 2. The smallest absolute Gasteiger partial charge is 0.220 e. The van der Waals surface area contributed by atoms with Gasteiger partial charge in [0.15, 0.2) is 11.7 Å². The fraction of sp³-hybridized carbons (Fsp3) is 0.304. The van der Waals surface area contributed by atoms with Gasteiger partial charge >= 0.3 is 0 Å². The fourth-order valence-corrected chi connectivity index (χ4v) is 3.03. The van der Waals surface area contributed by atoms with E-state index in [4.69, 9.17) is 4.42 Å². The molecule has 1 amide bonds. The normalized spacial score (nSPS) is 12.2. The lowest BCUT2D eigenvalue weighted by Gasteiger charge is -2.15. The highest BCUT2D eigenvalue weighted by Gasteiger charge is 2.14. The molecule has 0 fully saturated rings. The van der Waals surface area contributed by atoms with Crippen molar-refractivity contribution in [3.8, 4) is 11.3 Å². The van der Waals surface area contributed by atoms with Gasteiger partial charge in [-0.2, -0.15) is 0 Å². The molecular weight excluding hydrogens is 374 g/mol. The molecule has 0 aliphatic heterocycles. The number of hydrogen-bond donors (Lipinski definition) is 1. The van der Waals surface area contributed by atoms with Gasteiger partial charge in [0.25, 0.3) is 0 Å². The van der Waals surface area contributed by atoms with Gasteiger partial charge in [-0.05, 0) is 36.1 Å². The van der Waals surface area contributed by atoms with Crippen LogP contribution in [0.25, 0.3) is 11.3 Å². The van der Waals surface area contributed by atoms with Gasteiger partial charge in [-0.3, -0.25) is 4.79 Å². The van der Waals surface area contributed by atoms with Crippen LogP contribution in [0.1, 0.15) is 56.2 Å². The van der Waals surface area contributed by atoms with Crippen molar-refractivity contribution in [1.29, 1.82) is 0 Å². The average molecular weight is 398 g/mol. The second kappa shape index (κ2) is 8.99. The summed E-state index contributed by atoms with van der Waals surface area (Å²) in [5, 5.41) is 2.96. The van der Waals surface area contributed by atoms with Gasteiger partial charge in [0.05, 0.1) is 17.8 Å². The summed E-state index contributed by atoms with van der Waals surface area (Å²) < 4.78 is 32.4. The number of aryl methyl sites for hydroxylation is 1. The maximum atomic E-state index is 13.8. The quantitative estimate of drug-likeness (QED) is 0.567. The van der Waals surface area contributed by atoms with Gasteiger partial charge in [0.1, 0.15) is 11.6 Å². The Morgan fingerprint density at radius 3 is 2.41 bits per heavy atom. The number of rotatable bonds is 7. The molecule has 0 spiro atoms. The monoisotopic (exact) mass is 398 g/mol. The fourth-order valence-electron chi connectivity index (χ4n) is 3.03. The number of carbonyl (C=O) groups excluding carboxylic acids is 1. The van der Waals surface area contributed by atoms with Crippen LogP contribution < -0.4 is 5.32 Å². The molecule has 3 rings (SSSR count). The van der Waals surface area contributed by atoms with Crippen LogP contribution in [0.3, 0.4) is 0 Å². The third kappa shape index (κ3) is 5.28. The minimum absolute atomic E-state index is 0.114. The van der Waals surface area contributed by atoms with E-state index >= 15 is 0 Å². The number of hydrogen-bond acceptors (Lipinski definition) is 3. The topological polar surface area (TPSA) is 55.1 Å². The minimum Gasteiger partial charge on any atom is -0.441 e. The van der Waals surface area contributed by atoms with Crippen LogP contribution in [0.2, 0.25) is 0 Å². The van der Waals surface area contributed by atoms with Gasteiger partial charge in [0, 0.05) is 18.9 Å². The van der Waals surface area contributed by atoms with E-state index in [0.717, 1.165) is 17.7 Å². The highest BCUT2D eigenvalue weighted by molar-refractivity contribution is 5.76. The van der Waals surface area contributed by atoms with Crippen molar-refractivity contribution in [2.24, 2.45) is 0 Å². The summed E-state index contributed by atoms with van der Waals surface area (Å²) in [5.41, 5.74) is 2.42. The highest BCUT2D eigenvalue weighted by Crippen LogP contribution is 2.24. The zero-order chi connectivity index (χ0) is 21.0. The van der Waals surface area contributed by atoms with Crippen molar-refractivity contribution >= 4 is 5.91 Å². The van der Waals surface area contributed by atoms with Gasteiger partial charge < -0.3 is 9.73 Å². The summed E-state index contributed by atoms with van der Waals surface area (Å²) in [6, 6.07) is 11.3. The summed E-state index contributed by atoms with van der Waals surface area (Å²) in [7, 11) is 0. The van der Waals surface area contributed by atoms with E-state index < -0.39 is 11.6 Å². The Balaban J connectivity index is 1.55. The molecular formula is C23H24F2N2O2. The Morgan fingerprint density at radius 2 is 1.76 bits per heavy atom. The molecule has 1 atom stereocenters. The summed E-state index contributed by atoms with van der Waals surface area (Å²) >= 11 is 0. The van der Waals surface area contributed by atoms with Gasteiger partial charge in [-0.25, -0.2) is 13.8 Å². The third-order valence-electron chi connectivity index (χ3n) is 4.80. The second-order valence-electron chi connectivity index (χ2n) is 7.35. The Hall–Kier alpha value is -3.02. The predicted octanol–water partition coefficient (Wildman–Crippen LogP) is 5.55. The third-order valence-corrected chi connectivity index (χ3v) is 4.80. The maximum Gasteiger partial charge on any atom is 0.220 e. The molecule has 0 aliphatic carbocycles. The van der Waals surface area contributed by atoms with Crippen molar-refractivity contribution in [1.82, 2.24) is 10.3 Å². The molecule has 1 heterocycles. The largest absolute Gasteiger partial charge is 0.441 e. The molecule has 0 saturated carbocycles. The SMILES string of the molecule is CC(C)c1ccc(C(C)NC(=O)CCc2ncc(-c3ccc(F)cc3F)o2)cc1. The maximum absolute atomic E-state index is 13.8. The molecule has 0 radical (unpaired) electrons. The molecule has 1 aromatic heterocycles. The van der Waals surface area contributed by atoms with Crippen molar-refractivity contribution < 1.29 is 18.0 Å². The van der Waals surface area contributed by atoms with Crippen molar-refractivity contribution in [2.75, 3.05) is 0 Å². The zero-order valence-electron chi connectivity index (χ0n) is 16.7.